The number of nitrogens with zero attached hydrogens (tertiary/aromatic N) is 3. The standard InChI is InChI=1S/C31H32ClN5O2S/c1-17(2)30(39)34-24-11-10-22(14-18(24)3)37-29(28(35-31(37)40)25-8-6-7-13-33-25)23-15-19(4)36(20(23)5)26-16-21(32)9-12-27(26)38/h6-17,28-29,38H,1-5H3,(H,34,39)(H,35,40)/t28-,29-/m0/s1. The van der Waals surface area contributed by atoms with Crippen molar-refractivity contribution in [3.8, 4) is 11.4 Å². The number of aromatic hydroxyl groups is 1. The minimum absolute atomic E-state index is 0.0287. The third-order valence-corrected chi connectivity index (χ3v) is 7.89. The highest BCUT2D eigenvalue weighted by molar-refractivity contribution is 7.80. The van der Waals surface area contributed by atoms with Gasteiger partial charge in [-0.25, -0.2) is 0 Å². The highest BCUT2D eigenvalue weighted by Gasteiger charge is 2.42. The van der Waals surface area contributed by atoms with Crippen molar-refractivity contribution in [1.29, 1.82) is 0 Å². The minimum Gasteiger partial charge on any atom is -0.506 e. The summed E-state index contributed by atoms with van der Waals surface area (Å²) in [6.07, 6.45) is 1.78. The molecule has 0 radical (unpaired) electrons. The smallest absolute Gasteiger partial charge is 0.226 e. The Kier molecular flexibility index (Phi) is 7.57. The third kappa shape index (κ3) is 5.05. The minimum atomic E-state index is -0.237. The number of nitrogens with one attached hydrogen (secondary N) is 2. The van der Waals surface area contributed by atoms with Crippen LogP contribution in [0.25, 0.3) is 5.69 Å². The number of benzene rings is 2. The second-order valence-corrected chi connectivity index (χ2v) is 11.3. The lowest BCUT2D eigenvalue weighted by Gasteiger charge is -2.29. The summed E-state index contributed by atoms with van der Waals surface area (Å²) < 4.78 is 2.02. The van der Waals surface area contributed by atoms with Crippen LogP contribution >= 0.6 is 23.8 Å². The van der Waals surface area contributed by atoms with Crippen molar-refractivity contribution in [1.82, 2.24) is 14.9 Å². The van der Waals surface area contributed by atoms with E-state index in [4.69, 9.17) is 23.8 Å². The molecule has 40 heavy (non-hydrogen) atoms. The first-order valence-electron chi connectivity index (χ1n) is 13.2. The van der Waals surface area contributed by atoms with Gasteiger partial charge in [-0.3, -0.25) is 9.78 Å². The molecule has 2 atom stereocenters. The number of hydrogen-bond acceptors (Lipinski definition) is 4. The topological polar surface area (TPSA) is 82.4 Å². The first kappa shape index (κ1) is 27.7. The quantitative estimate of drug-likeness (QED) is 0.217. The van der Waals surface area contributed by atoms with Gasteiger partial charge < -0.3 is 25.2 Å². The van der Waals surface area contributed by atoms with Gasteiger partial charge in [0.2, 0.25) is 5.91 Å². The zero-order chi connectivity index (χ0) is 28.7. The zero-order valence-corrected chi connectivity index (χ0v) is 24.6. The van der Waals surface area contributed by atoms with Crippen molar-refractivity contribution >= 4 is 46.2 Å². The van der Waals surface area contributed by atoms with Crippen LogP contribution in [-0.2, 0) is 4.79 Å². The number of carbonyl (C=O) groups excluding carboxylic acids is 1. The number of phenols is 1. The average Bonchev–Trinajstić information content (AvgIpc) is 3.41. The molecule has 0 unspecified atom stereocenters. The van der Waals surface area contributed by atoms with Gasteiger partial charge in [0.15, 0.2) is 5.11 Å². The van der Waals surface area contributed by atoms with E-state index in [1.54, 1.807) is 24.4 Å². The molecule has 1 amide bonds. The van der Waals surface area contributed by atoms with Gasteiger partial charge in [0.1, 0.15) is 5.75 Å². The molecule has 7 nitrogen and oxygen atoms in total. The van der Waals surface area contributed by atoms with Gasteiger partial charge in [-0.2, -0.15) is 0 Å². The average molecular weight is 574 g/mol. The van der Waals surface area contributed by atoms with Gasteiger partial charge in [-0.1, -0.05) is 31.5 Å². The van der Waals surface area contributed by atoms with E-state index in [1.165, 1.54) is 0 Å². The Balaban J connectivity index is 1.64. The number of amides is 1. The summed E-state index contributed by atoms with van der Waals surface area (Å²) in [5.41, 5.74) is 7.03. The molecule has 3 heterocycles. The van der Waals surface area contributed by atoms with Crippen molar-refractivity contribution in [2.45, 2.75) is 46.7 Å². The van der Waals surface area contributed by atoms with Gasteiger partial charge >= 0.3 is 0 Å². The molecule has 2 aromatic heterocycles. The lowest BCUT2D eigenvalue weighted by molar-refractivity contribution is -0.118. The number of halogens is 1. The predicted octanol–water partition coefficient (Wildman–Crippen LogP) is 6.93. The molecule has 0 spiro atoms. The lowest BCUT2D eigenvalue weighted by Crippen LogP contribution is -2.29. The molecular formula is C31H32ClN5O2S. The number of hydrogen-bond donors (Lipinski definition) is 3. The molecule has 3 N–H and O–H groups in total. The van der Waals surface area contributed by atoms with Crippen LogP contribution in [0.1, 0.15) is 54.1 Å². The highest BCUT2D eigenvalue weighted by atomic mass is 35.5. The molecule has 1 aliphatic heterocycles. The molecule has 1 saturated heterocycles. The zero-order valence-electron chi connectivity index (χ0n) is 23.1. The molecule has 206 valence electrons. The summed E-state index contributed by atoms with van der Waals surface area (Å²) in [5, 5.41) is 18.3. The first-order chi connectivity index (χ1) is 19.1. The summed E-state index contributed by atoms with van der Waals surface area (Å²) in [5.74, 6) is -0.00301. The third-order valence-electron chi connectivity index (χ3n) is 7.34. The number of phenolic OH excluding ortho intramolecular Hbond substituents is 1. The van der Waals surface area contributed by atoms with Gasteiger partial charge in [0.05, 0.1) is 23.5 Å². The molecule has 5 rings (SSSR count). The Morgan fingerprint density at radius 2 is 1.88 bits per heavy atom. The van der Waals surface area contributed by atoms with E-state index >= 15 is 0 Å². The molecule has 0 bridgehead atoms. The molecule has 0 saturated carbocycles. The Morgan fingerprint density at radius 3 is 2.55 bits per heavy atom. The van der Waals surface area contributed by atoms with Gasteiger partial charge in [-0.15, -0.1) is 0 Å². The second-order valence-electron chi connectivity index (χ2n) is 10.4. The van der Waals surface area contributed by atoms with E-state index in [0.717, 1.165) is 39.6 Å². The van der Waals surface area contributed by atoms with Crippen molar-refractivity contribution in [2.24, 2.45) is 5.92 Å². The van der Waals surface area contributed by atoms with Gasteiger partial charge in [0, 0.05) is 39.9 Å². The van der Waals surface area contributed by atoms with Crippen molar-refractivity contribution < 1.29 is 9.90 Å². The van der Waals surface area contributed by atoms with Crippen LogP contribution in [-0.4, -0.2) is 25.7 Å². The summed E-state index contributed by atoms with van der Waals surface area (Å²) in [7, 11) is 0. The van der Waals surface area contributed by atoms with Crippen LogP contribution in [0.15, 0.2) is 66.9 Å². The Bertz CT molecular complexity index is 1600. The maximum atomic E-state index is 12.3. The maximum absolute atomic E-state index is 12.3. The summed E-state index contributed by atoms with van der Waals surface area (Å²) >= 11 is 12.2. The molecule has 2 aromatic carbocycles. The number of pyridine rings is 1. The molecule has 0 aliphatic carbocycles. The number of aryl methyl sites for hydroxylation is 2. The summed E-state index contributed by atoms with van der Waals surface area (Å²) in [6.45, 7) is 9.76. The van der Waals surface area contributed by atoms with E-state index in [1.807, 2.05) is 75.6 Å². The fourth-order valence-corrected chi connectivity index (χ4v) is 5.81. The highest BCUT2D eigenvalue weighted by Crippen LogP contribution is 2.44. The molecule has 1 fully saturated rings. The SMILES string of the molecule is Cc1cc(N2C(=S)N[C@@H](c3ccccn3)[C@@H]2c2cc(C)n(-c3cc(Cl)ccc3O)c2C)ccc1NC(=O)C(C)C. The number of thiocarbonyl (C=S) groups is 1. The number of anilines is 2. The Labute approximate surface area is 244 Å². The van der Waals surface area contributed by atoms with Crippen molar-refractivity contribution in [2.75, 3.05) is 10.2 Å². The first-order valence-corrected chi connectivity index (χ1v) is 13.9. The van der Waals surface area contributed by atoms with E-state index in [0.29, 0.717) is 15.8 Å². The lowest BCUT2D eigenvalue weighted by atomic mass is 9.96. The van der Waals surface area contributed by atoms with E-state index in [2.05, 4.69) is 26.6 Å². The number of carbonyl (C=O) groups is 1. The molecule has 9 heteroatoms. The largest absolute Gasteiger partial charge is 0.506 e. The van der Waals surface area contributed by atoms with Gasteiger partial charge in [0.25, 0.3) is 0 Å². The predicted molar refractivity (Wildman–Crippen MR) is 164 cm³/mol. The van der Waals surface area contributed by atoms with Crippen LogP contribution in [0, 0.1) is 26.7 Å². The van der Waals surface area contributed by atoms with Crippen molar-refractivity contribution in [3.05, 3.63) is 100 Å². The second kappa shape index (κ2) is 10.9. The fraction of sp³-hybridized carbons (Fsp3) is 0.258. The Hall–Kier alpha value is -3.88. The van der Waals surface area contributed by atoms with Crippen LogP contribution in [0.5, 0.6) is 5.75 Å². The van der Waals surface area contributed by atoms with E-state index < -0.39 is 0 Å². The van der Waals surface area contributed by atoms with E-state index in [-0.39, 0.29) is 29.7 Å². The molecule has 1 aliphatic rings. The number of aromatic nitrogens is 2. The molecular weight excluding hydrogens is 542 g/mol. The Morgan fingerprint density at radius 1 is 1.10 bits per heavy atom. The normalized spacial score (nSPS) is 16.9. The fourth-order valence-electron chi connectivity index (χ4n) is 5.30. The van der Waals surface area contributed by atoms with E-state index in [9.17, 15) is 9.90 Å². The maximum Gasteiger partial charge on any atom is 0.226 e. The van der Waals surface area contributed by atoms with Crippen LogP contribution in [0.2, 0.25) is 5.02 Å². The van der Waals surface area contributed by atoms with Crippen LogP contribution in [0.3, 0.4) is 0 Å². The summed E-state index contributed by atoms with van der Waals surface area (Å²) in [6, 6.07) is 18.5. The van der Waals surface area contributed by atoms with Gasteiger partial charge in [-0.05, 0) is 98.7 Å². The van der Waals surface area contributed by atoms with Crippen molar-refractivity contribution in [3.63, 3.8) is 0 Å². The van der Waals surface area contributed by atoms with Crippen LogP contribution < -0.4 is 15.5 Å². The molecule has 4 aromatic rings. The van der Waals surface area contributed by atoms with Crippen LogP contribution in [0.4, 0.5) is 11.4 Å². The number of rotatable bonds is 6. The summed E-state index contributed by atoms with van der Waals surface area (Å²) in [4.78, 5) is 19.1. The monoisotopic (exact) mass is 573 g/mol.